The van der Waals surface area contributed by atoms with Gasteiger partial charge in [-0.1, -0.05) is 13.8 Å². The second-order valence-electron chi connectivity index (χ2n) is 7.86. The van der Waals surface area contributed by atoms with Crippen LogP contribution in [0.2, 0.25) is 0 Å². The maximum absolute atomic E-state index is 12.9. The van der Waals surface area contributed by atoms with Crippen molar-refractivity contribution in [1.82, 2.24) is 4.98 Å². The number of amides is 1. The number of benzene rings is 2. The number of nitrogens with one attached hydrogen (secondary N) is 1. The molecule has 7 heteroatoms. The second-order valence-corrected chi connectivity index (χ2v) is 7.86. The van der Waals surface area contributed by atoms with Crippen LogP contribution in [0, 0.1) is 5.92 Å². The molecule has 0 saturated carbocycles. The van der Waals surface area contributed by atoms with Crippen LogP contribution in [-0.2, 0) is 6.61 Å². The molecule has 0 bridgehead atoms. The lowest BCUT2D eigenvalue weighted by Crippen LogP contribution is -2.12. The lowest BCUT2D eigenvalue weighted by Gasteiger charge is -2.14. The zero-order valence-electron chi connectivity index (χ0n) is 19.5. The first-order valence-electron chi connectivity index (χ1n) is 10.8. The van der Waals surface area contributed by atoms with Crippen molar-refractivity contribution in [2.75, 3.05) is 26.1 Å². The number of anilines is 1. The highest BCUT2D eigenvalue weighted by molar-refractivity contribution is 6.04. The van der Waals surface area contributed by atoms with E-state index < -0.39 is 0 Å². The number of aromatic nitrogens is 1. The van der Waals surface area contributed by atoms with Crippen molar-refractivity contribution in [2.45, 2.75) is 26.9 Å². The first-order chi connectivity index (χ1) is 16.0. The molecular weight excluding hydrogens is 420 g/mol. The van der Waals surface area contributed by atoms with Gasteiger partial charge in [-0.3, -0.25) is 9.78 Å². The summed E-state index contributed by atoms with van der Waals surface area (Å²) in [7, 11) is 3.13. The van der Waals surface area contributed by atoms with Crippen molar-refractivity contribution in [2.24, 2.45) is 5.92 Å². The van der Waals surface area contributed by atoms with E-state index in [1.54, 1.807) is 63.0 Å². The van der Waals surface area contributed by atoms with Crippen LogP contribution in [0.3, 0.4) is 0 Å². The van der Waals surface area contributed by atoms with Crippen LogP contribution >= 0.6 is 0 Å². The van der Waals surface area contributed by atoms with Gasteiger partial charge < -0.3 is 24.3 Å². The molecule has 1 amide bonds. The third-order valence-electron chi connectivity index (χ3n) is 4.94. The summed E-state index contributed by atoms with van der Waals surface area (Å²) in [5.41, 5.74) is 2.02. The minimum atomic E-state index is -0.271. The monoisotopic (exact) mass is 450 g/mol. The number of hydrogen-bond acceptors (Lipinski definition) is 6. The highest BCUT2D eigenvalue weighted by Gasteiger charge is 2.14. The topological polar surface area (TPSA) is 78.9 Å². The van der Waals surface area contributed by atoms with E-state index in [1.807, 2.05) is 12.1 Å². The van der Waals surface area contributed by atoms with Gasteiger partial charge in [-0.2, -0.15) is 0 Å². The molecule has 0 radical (unpaired) electrons. The second kappa shape index (κ2) is 11.8. The van der Waals surface area contributed by atoms with Gasteiger partial charge in [-0.15, -0.1) is 0 Å². The van der Waals surface area contributed by atoms with E-state index in [2.05, 4.69) is 24.1 Å². The van der Waals surface area contributed by atoms with E-state index in [1.165, 1.54) is 0 Å². The van der Waals surface area contributed by atoms with E-state index in [0.29, 0.717) is 53.4 Å². The number of methoxy groups -OCH3 is 2. The zero-order valence-corrected chi connectivity index (χ0v) is 19.5. The molecule has 0 aliphatic heterocycles. The summed E-state index contributed by atoms with van der Waals surface area (Å²) in [4.78, 5) is 16.9. The Hall–Kier alpha value is -3.74. The molecule has 33 heavy (non-hydrogen) atoms. The molecular formula is C26H30N2O5. The summed E-state index contributed by atoms with van der Waals surface area (Å²) in [6, 6.07) is 14.1. The maximum atomic E-state index is 12.9. The average Bonchev–Trinajstić information content (AvgIpc) is 2.83. The summed E-state index contributed by atoms with van der Waals surface area (Å²) in [6.07, 6.45) is 4.36. The third kappa shape index (κ3) is 6.87. The Balaban J connectivity index is 1.70. The predicted octanol–water partition coefficient (Wildman–Crippen LogP) is 5.36. The van der Waals surface area contributed by atoms with E-state index in [0.717, 1.165) is 12.0 Å². The molecule has 0 unspecified atom stereocenters. The zero-order chi connectivity index (χ0) is 23.6. The molecule has 7 nitrogen and oxygen atoms in total. The molecule has 0 fully saturated rings. The molecule has 0 aliphatic rings. The summed E-state index contributed by atoms with van der Waals surface area (Å²) in [5, 5.41) is 2.90. The van der Waals surface area contributed by atoms with Crippen molar-refractivity contribution >= 4 is 11.6 Å². The molecule has 0 spiro atoms. The third-order valence-corrected chi connectivity index (χ3v) is 4.94. The van der Waals surface area contributed by atoms with E-state index in [4.69, 9.17) is 18.9 Å². The molecule has 0 saturated heterocycles. The normalized spacial score (nSPS) is 10.6. The summed E-state index contributed by atoms with van der Waals surface area (Å²) in [5.74, 6) is 2.51. The fraction of sp³-hybridized carbons (Fsp3) is 0.308. The Morgan fingerprint density at radius 3 is 2.30 bits per heavy atom. The molecule has 174 valence electrons. The Bertz CT molecular complexity index is 1050. The summed E-state index contributed by atoms with van der Waals surface area (Å²) >= 11 is 0. The van der Waals surface area contributed by atoms with Gasteiger partial charge in [0.05, 0.1) is 20.8 Å². The Kier molecular flexibility index (Phi) is 8.52. The Labute approximate surface area is 194 Å². The minimum Gasteiger partial charge on any atom is -0.493 e. The SMILES string of the molecule is COc1cc(C(=O)Nc2ccc(OC)c(OCc3ccncc3)c2)ccc1OCCC(C)C. The fourth-order valence-electron chi connectivity index (χ4n) is 3.04. The fourth-order valence-corrected chi connectivity index (χ4v) is 3.04. The van der Waals surface area contributed by atoms with Crippen LogP contribution in [0.4, 0.5) is 5.69 Å². The Morgan fingerprint density at radius 2 is 1.61 bits per heavy atom. The molecule has 3 aromatic rings. The van der Waals surface area contributed by atoms with Crippen LogP contribution in [0.25, 0.3) is 0 Å². The van der Waals surface area contributed by atoms with Crippen LogP contribution in [0.1, 0.15) is 36.2 Å². The molecule has 0 atom stereocenters. The summed E-state index contributed by atoms with van der Waals surface area (Å²) < 4.78 is 22.5. The molecule has 3 rings (SSSR count). The Morgan fingerprint density at radius 1 is 0.879 bits per heavy atom. The number of hydrogen-bond donors (Lipinski definition) is 1. The van der Waals surface area contributed by atoms with Gasteiger partial charge in [0.15, 0.2) is 23.0 Å². The van der Waals surface area contributed by atoms with E-state index in [-0.39, 0.29) is 5.91 Å². The van der Waals surface area contributed by atoms with Crippen LogP contribution in [0.15, 0.2) is 60.9 Å². The van der Waals surface area contributed by atoms with Gasteiger partial charge in [0, 0.05) is 29.7 Å². The summed E-state index contributed by atoms with van der Waals surface area (Å²) in [6.45, 7) is 5.23. The van der Waals surface area contributed by atoms with Crippen molar-refractivity contribution in [1.29, 1.82) is 0 Å². The molecule has 1 aromatic heterocycles. The number of rotatable bonds is 11. The first-order valence-corrected chi connectivity index (χ1v) is 10.8. The predicted molar refractivity (Wildman–Crippen MR) is 127 cm³/mol. The number of ether oxygens (including phenoxy) is 4. The van der Waals surface area contributed by atoms with Gasteiger partial charge >= 0.3 is 0 Å². The molecule has 0 aliphatic carbocycles. The maximum Gasteiger partial charge on any atom is 0.255 e. The van der Waals surface area contributed by atoms with Gasteiger partial charge in [-0.25, -0.2) is 0 Å². The van der Waals surface area contributed by atoms with Crippen molar-refractivity contribution < 1.29 is 23.7 Å². The van der Waals surface area contributed by atoms with Crippen molar-refractivity contribution in [3.63, 3.8) is 0 Å². The first kappa shape index (κ1) is 23.9. The quantitative estimate of drug-likeness (QED) is 0.424. The van der Waals surface area contributed by atoms with Crippen LogP contribution in [-0.4, -0.2) is 31.7 Å². The van der Waals surface area contributed by atoms with Gasteiger partial charge in [0.2, 0.25) is 0 Å². The largest absolute Gasteiger partial charge is 0.493 e. The van der Waals surface area contributed by atoms with Gasteiger partial charge in [0.25, 0.3) is 5.91 Å². The van der Waals surface area contributed by atoms with Gasteiger partial charge in [-0.05, 0) is 60.4 Å². The molecule has 2 aromatic carbocycles. The highest BCUT2D eigenvalue weighted by atomic mass is 16.5. The lowest BCUT2D eigenvalue weighted by molar-refractivity contribution is 0.102. The number of nitrogens with zero attached hydrogens (tertiary/aromatic N) is 1. The van der Waals surface area contributed by atoms with E-state index >= 15 is 0 Å². The number of pyridine rings is 1. The van der Waals surface area contributed by atoms with Crippen LogP contribution < -0.4 is 24.3 Å². The standard InChI is InChI=1S/C26H30N2O5/c1-18(2)11-14-32-23-7-5-20(15-24(23)31-4)26(29)28-21-6-8-22(30-3)25(16-21)33-17-19-9-12-27-13-10-19/h5-10,12-13,15-16,18H,11,14,17H2,1-4H3,(H,28,29). The molecule has 1 N–H and O–H groups in total. The number of carbonyl (C=O) groups is 1. The lowest BCUT2D eigenvalue weighted by atomic mass is 10.1. The average molecular weight is 451 g/mol. The van der Waals surface area contributed by atoms with Crippen molar-refractivity contribution in [3.8, 4) is 23.0 Å². The highest BCUT2D eigenvalue weighted by Crippen LogP contribution is 2.32. The van der Waals surface area contributed by atoms with Crippen molar-refractivity contribution in [3.05, 3.63) is 72.1 Å². The molecule has 1 heterocycles. The van der Waals surface area contributed by atoms with E-state index in [9.17, 15) is 4.79 Å². The van der Waals surface area contributed by atoms with Crippen LogP contribution in [0.5, 0.6) is 23.0 Å². The smallest absolute Gasteiger partial charge is 0.255 e. The number of carbonyl (C=O) groups excluding carboxylic acids is 1. The van der Waals surface area contributed by atoms with Gasteiger partial charge in [0.1, 0.15) is 6.61 Å². The minimum absolute atomic E-state index is 0.271.